The predicted octanol–water partition coefficient (Wildman–Crippen LogP) is 1.96. The van der Waals surface area contributed by atoms with Gasteiger partial charge in [0.25, 0.3) is 0 Å². The molecule has 24 heavy (non-hydrogen) atoms. The van der Waals surface area contributed by atoms with Crippen molar-refractivity contribution in [3.05, 3.63) is 30.4 Å². The Balaban J connectivity index is 1.69. The van der Waals surface area contributed by atoms with E-state index in [9.17, 15) is 0 Å². The van der Waals surface area contributed by atoms with Crippen molar-refractivity contribution in [2.45, 2.75) is 25.8 Å². The quantitative estimate of drug-likeness (QED) is 0.832. The maximum atomic E-state index is 4.44. The van der Waals surface area contributed by atoms with Crippen molar-refractivity contribution in [3.63, 3.8) is 0 Å². The molecular formula is C17H25N7. The van der Waals surface area contributed by atoms with E-state index in [0.717, 1.165) is 36.2 Å². The number of hydrogen-bond donors (Lipinski definition) is 0. The van der Waals surface area contributed by atoms with Gasteiger partial charge in [-0.05, 0) is 19.3 Å². The second-order valence-electron chi connectivity index (χ2n) is 6.42. The largest absolute Gasteiger partial charge is 0.356 e. The molecule has 0 N–H and O–H groups in total. The Morgan fingerprint density at radius 1 is 0.958 bits per heavy atom. The molecule has 0 amide bonds. The number of anilines is 3. The van der Waals surface area contributed by atoms with E-state index in [-0.39, 0.29) is 0 Å². The molecule has 2 aromatic rings. The fourth-order valence-electron chi connectivity index (χ4n) is 2.86. The van der Waals surface area contributed by atoms with Crippen LogP contribution in [0.4, 0.5) is 17.6 Å². The minimum atomic E-state index is 0.712. The van der Waals surface area contributed by atoms with Gasteiger partial charge in [0.1, 0.15) is 18.0 Å². The van der Waals surface area contributed by atoms with E-state index in [2.05, 4.69) is 35.8 Å². The molecule has 1 fully saturated rings. The number of piperidine rings is 1. The van der Waals surface area contributed by atoms with Crippen LogP contribution in [-0.2, 0) is 6.54 Å². The predicted molar refractivity (Wildman–Crippen MR) is 96.6 cm³/mol. The Labute approximate surface area is 143 Å². The van der Waals surface area contributed by atoms with E-state index in [4.69, 9.17) is 0 Å². The summed E-state index contributed by atoms with van der Waals surface area (Å²) in [6, 6.07) is 2.07. The summed E-state index contributed by atoms with van der Waals surface area (Å²) < 4.78 is 0. The summed E-state index contributed by atoms with van der Waals surface area (Å²) in [5, 5.41) is 0. The van der Waals surface area contributed by atoms with E-state index in [1.165, 1.54) is 19.3 Å². The third kappa shape index (κ3) is 3.90. The first-order chi connectivity index (χ1) is 11.6. The first kappa shape index (κ1) is 16.4. The van der Waals surface area contributed by atoms with E-state index >= 15 is 0 Å². The molecule has 3 heterocycles. The van der Waals surface area contributed by atoms with Crippen LogP contribution in [0.1, 0.15) is 24.8 Å². The number of nitrogens with zero attached hydrogens (tertiary/aromatic N) is 7. The molecule has 0 unspecified atom stereocenters. The lowest BCUT2D eigenvalue weighted by molar-refractivity contribution is 0.573. The molecule has 2 aromatic heterocycles. The van der Waals surface area contributed by atoms with Crippen molar-refractivity contribution in [2.75, 3.05) is 48.9 Å². The van der Waals surface area contributed by atoms with Crippen molar-refractivity contribution in [2.24, 2.45) is 0 Å². The minimum Gasteiger partial charge on any atom is -0.356 e. The minimum absolute atomic E-state index is 0.712. The van der Waals surface area contributed by atoms with Crippen LogP contribution >= 0.6 is 0 Å². The smallest absolute Gasteiger partial charge is 0.224 e. The highest BCUT2D eigenvalue weighted by atomic mass is 15.2. The van der Waals surface area contributed by atoms with E-state index in [1.54, 1.807) is 6.33 Å². The second kappa shape index (κ2) is 7.42. The Hall–Kier alpha value is -2.44. The molecule has 0 aromatic carbocycles. The third-order valence-corrected chi connectivity index (χ3v) is 4.22. The Bertz CT molecular complexity index is 650. The number of hydrogen-bond acceptors (Lipinski definition) is 7. The van der Waals surface area contributed by atoms with Gasteiger partial charge in [-0.25, -0.2) is 19.9 Å². The summed E-state index contributed by atoms with van der Waals surface area (Å²) in [6.45, 7) is 2.88. The molecule has 7 heteroatoms. The van der Waals surface area contributed by atoms with Crippen LogP contribution in [0.5, 0.6) is 0 Å². The molecule has 7 nitrogen and oxygen atoms in total. The van der Waals surface area contributed by atoms with Crippen LogP contribution < -0.4 is 14.7 Å². The zero-order chi connectivity index (χ0) is 16.9. The third-order valence-electron chi connectivity index (χ3n) is 4.22. The second-order valence-corrected chi connectivity index (χ2v) is 6.42. The van der Waals surface area contributed by atoms with Gasteiger partial charge < -0.3 is 14.7 Å². The molecule has 0 aliphatic carbocycles. The summed E-state index contributed by atoms with van der Waals surface area (Å²) in [5.41, 5.74) is 1.06. The van der Waals surface area contributed by atoms with Crippen LogP contribution in [0.2, 0.25) is 0 Å². The fourth-order valence-corrected chi connectivity index (χ4v) is 2.86. The van der Waals surface area contributed by atoms with Gasteiger partial charge in [-0.2, -0.15) is 0 Å². The molecule has 1 aliphatic heterocycles. The lowest BCUT2D eigenvalue weighted by Crippen LogP contribution is -2.30. The molecule has 128 valence electrons. The Morgan fingerprint density at radius 3 is 2.33 bits per heavy atom. The molecule has 0 radical (unpaired) electrons. The lowest BCUT2D eigenvalue weighted by atomic mass is 10.1. The highest BCUT2D eigenvalue weighted by Gasteiger charge is 2.14. The molecule has 3 rings (SSSR count). The Kier molecular flexibility index (Phi) is 5.08. The van der Waals surface area contributed by atoms with Crippen molar-refractivity contribution < 1.29 is 0 Å². The summed E-state index contributed by atoms with van der Waals surface area (Å²) in [7, 11) is 5.90. The molecule has 0 spiro atoms. The highest BCUT2D eigenvalue weighted by molar-refractivity contribution is 5.50. The Morgan fingerprint density at radius 2 is 1.67 bits per heavy atom. The normalized spacial score (nSPS) is 14.5. The highest BCUT2D eigenvalue weighted by Crippen LogP contribution is 2.21. The molecule has 1 aliphatic rings. The molecule has 0 bridgehead atoms. The average molecular weight is 327 g/mol. The number of aromatic nitrogens is 4. The van der Waals surface area contributed by atoms with Crippen molar-refractivity contribution >= 4 is 17.6 Å². The lowest BCUT2D eigenvalue weighted by Gasteiger charge is -2.28. The van der Waals surface area contributed by atoms with Crippen LogP contribution in [0.15, 0.2) is 24.8 Å². The van der Waals surface area contributed by atoms with Crippen molar-refractivity contribution in [1.29, 1.82) is 0 Å². The van der Waals surface area contributed by atoms with Gasteiger partial charge in [-0.3, -0.25) is 0 Å². The summed E-state index contributed by atoms with van der Waals surface area (Å²) in [6.07, 6.45) is 9.19. The van der Waals surface area contributed by atoms with E-state index in [1.807, 2.05) is 38.4 Å². The van der Waals surface area contributed by atoms with Crippen LogP contribution in [0.3, 0.4) is 0 Å². The standard InChI is InChI=1S/C17H25N7/c1-22(2)17-18-10-14(11-19-17)12-23(3)15-9-16(21-13-20-15)24-7-5-4-6-8-24/h9-11,13H,4-8,12H2,1-3H3. The topological polar surface area (TPSA) is 61.3 Å². The SMILES string of the molecule is CN(C)c1ncc(CN(C)c2cc(N3CCCCC3)ncn2)cn1. The van der Waals surface area contributed by atoms with Gasteiger partial charge in [0.05, 0.1) is 0 Å². The fraction of sp³-hybridized carbons (Fsp3) is 0.529. The van der Waals surface area contributed by atoms with Gasteiger partial charge in [0, 0.05) is 64.8 Å². The van der Waals surface area contributed by atoms with Crippen LogP contribution in [0.25, 0.3) is 0 Å². The molecule has 0 atom stereocenters. The van der Waals surface area contributed by atoms with Gasteiger partial charge in [0.15, 0.2) is 0 Å². The zero-order valence-electron chi connectivity index (χ0n) is 14.7. The zero-order valence-corrected chi connectivity index (χ0v) is 14.7. The van der Waals surface area contributed by atoms with E-state index in [0.29, 0.717) is 6.54 Å². The number of rotatable bonds is 5. The maximum absolute atomic E-state index is 4.44. The first-order valence-corrected chi connectivity index (χ1v) is 8.40. The van der Waals surface area contributed by atoms with Gasteiger partial charge in [-0.15, -0.1) is 0 Å². The maximum Gasteiger partial charge on any atom is 0.224 e. The van der Waals surface area contributed by atoms with E-state index < -0.39 is 0 Å². The van der Waals surface area contributed by atoms with Crippen LogP contribution in [-0.4, -0.2) is 54.2 Å². The van der Waals surface area contributed by atoms with Gasteiger partial charge in [-0.1, -0.05) is 0 Å². The van der Waals surface area contributed by atoms with Gasteiger partial charge >= 0.3 is 0 Å². The molecule has 0 saturated carbocycles. The molecule has 1 saturated heterocycles. The monoisotopic (exact) mass is 327 g/mol. The molecular weight excluding hydrogens is 302 g/mol. The van der Waals surface area contributed by atoms with Crippen LogP contribution in [0, 0.1) is 0 Å². The van der Waals surface area contributed by atoms with Crippen molar-refractivity contribution in [1.82, 2.24) is 19.9 Å². The summed E-state index contributed by atoms with van der Waals surface area (Å²) >= 11 is 0. The van der Waals surface area contributed by atoms with Gasteiger partial charge in [0.2, 0.25) is 5.95 Å². The summed E-state index contributed by atoms with van der Waals surface area (Å²) in [5.74, 6) is 2.66. The summed E-state index contributed by atoms with van der Waals surface area (Å²) in [4.78, 5) is 23.9. The average Bonchev–Trinajstić information content (AvgIpc) is 2.63. The first-order valence-electron chi connectivity index (χ1n) is 8.40. The van der Waals surface area contributed by atoms with Crippen molar-refractivity contribution in [3.8, 4) is 0 Å².